The van der Waals surface area contributed by atoms with Crippen LogP contribution >= 0.6 is 0 Å². The molecule has 1 heterocycles. The van der Waals surface area contributed by atoms with E-state index in [0.717, 1.165) is 11.1 Å². The van der Waals surface area contributed by atoms with Crippen LogP contribution in [0, 0.1) is 0 Å². The molecule has 0 spiro atoms. The molecule has 0 fully saturated rings. The maximum absolute atomic E-state index is 13.2. The number of benzene rings is 3. The summed E-state index contributed by atoms with van der Waals surface area (Å²) in [5, 5.41) is 11.9. The van der Waals surface area contributed by atoms with Crippen LogP contribution in [0.4, 0.5) is 11.4 Å². The van der Waals surface area contributed by atoms with Crippen molar-refractivity contribution in [1.82, 2.24) is 0 Å². The first-order valence-corrected chi connectivity index (χ1v) is 11.1. The standard InChI is InChI=1S/C23H22N2O4S/c26-14-12-17-5-3-8-20(15-17)24-23(27)19-7-4-9-21(16-19)30(28,29)25-13-11-18-6-1-2-10-22(18)25/h1-10,15-16,26H,11-14H2,(H,24,27). The van der Waals surface area contributed by atoms with Gasteiger partial charge < -0.3 is 10.4 Å². The Bertz CT molecular complexity index is 1190. The van der Waals surface area contributed by atoms with Crippen LogP contribution < -0.4 is 9.62 Å². The quantitative estimate of drug-likeness (QED) is 0.639. The van der Waals surface area contributed by atoms with Gasteiger partial charge in [0.05, 0.1) is 10.6 Å². The molecule has 0 saturated heterocycles. The van der Waals surface area contributed by atoms with Gasteiger partial charge in [0.2, 0.25) is 0 Å². The number of aliphatic hydroxyl groups excluding tert-OH is 1. The number of carbonyl (C=O) groups excluding carboxylic acids is 1. The van der Waals surface area contributed by atoms with Crippen LogP contribution in [0.25, 0.3) is 0 Å². The van der Waals surface area contributed by atoms with Gasteiger partial charge in [0.1, 0.15) is 0 Å². The van der Waals surface area contributed by atoms with Crippen molar-refractivity contribution >= 4 is 27.3 Å². The van der Waals surface area contributed by atoms with E-state index in [1.807, 2.05) is 24.3 Å². The highest BCUT2D eigenvalue weighted by molar-refractivity contribution is 7.92. The first-order chi connectivity index (χ1) is 14.5. The Labute approximate surface area is 175 Å². The van der Waals surface area contributed by atoms with E-state index in [1.54, 1.807) is 36.4 Å². The number of hydrogen-bond acceptors (Lipinski definition) is 4. The second kappa shape index (κ2) is 8.30. The monoisotopic (exact) mass is 422 g/mol. The van der Waals surface area contributed by atoms with Crippen LogP contribution in [0.3, 0.4) is 0 Å². The van der Waals surface area contributed by atoms with Crippen LogP contribution in [-0.2, 0) is 22.9 Å². The van der Waals surface area contributed by atoms with Crippen molar-refractivity contribution < 1.29 is 18.3 Å². The molecule has 0 bridgehead atoms. The zero-order chi connectivity index (χ0) is 21.1. The molecule has 154 valence electrons. The Morgan fingerprint density at radius 1 is 1.00 bits per heavy atom. The second-order valence-corrected chi connectivity index (χ2v) is 8.97. The number of nitrogens with one attached hydrogen (secondary N) is 1. The van der Waals surface area contributed by atoms with Crippen LogP contribution in [0.15, 0.2) is 77.7 Å². The highest BCUT2D eigenvalue weighted by Crippen LogP contribution is 2.32. The predicted molar refractivity (Wildman–Crippen MR) is 116 cm³/mol. The van der Waals surface area contributed by atoms with Gasteiger partial charge in [-0.05, 0) is 60.4 Å². The van der Waals surface area contributed by atoms with Crippen molar-refractivity contribution in [3.8, 4) is 0 Å². The molecule has 3 aromatic rings. The summed E-state index contributed by atoms with van der Waals surface area (Å²) in [7, 11) is -3.77. The van der Waals surface area contributed by atoms with Gasteiger partial charge in [0.15, 0.2) is 0 Å². The number of aliphatic hydroxyl groups is 1. The molecule has 3 aromatic carbocycles. The zero-order valence-corrected chi connectivity index (χ0v) is 17.1. The zero-order valence-electron chi connectivity index (χ0n) is 16.3. The number of carbonyl (C=O) groups is 1. The topological polar surface area (TPSA) is 86.7 Å². The van der Waals surface area contributed by atoms with Gasteiger partial charge in [-0.25, -0.2) is 8.42 Å². The molecule has 0 atom stereocenters. The maximum Gasteiger partial charge on any atom is 0.264 e. The van der Waals surface area contributed by atoms with E-state index in [1.165, 1.54) is 16.4 Å². The molecule has 30 heavy (non-hydrogen) atoms. The molecule has 1 aliphatic heterocycles. The summed E-state index contributed by atoms with van der Waals surface area (Å²) in [4.78, 5) is 12.8. The SMILES string of the molecule is O=C(Nc1cccc(CCO)c1)c1cccc(S(=O)(=O)N2CCc3ccccc32)c1. The first-order valence-electron chi connectivity index (χ1n) is 9.71. The highest BCUT2D eigenvalue weighted by Gasteiger charge is 2.30. The van der Waals surface area contributed by atoms with E-state index in [0.29, 0.717) is 30.8 Å². The third kappa shape index (κ3) is 3.94. The summed E-state index contributed by atoms with van der Waals surface area (Å²) in [6.45, 7) is 0.409. The maximum atomic E-state index is 13.2. The Hall–Kier alpha value is -3.16. The lowest BCUT2D eigenvalue weighted by Crippen LogP contribution is -2.29. The number of para-hydroxylation sites is 1. The minimum Gasteiger partial charge on any atom is -0.396 e. The van der Waals surface area contributed by atoms with Crippen LogP contribution in [-0.4, -0.2) is 32.6 Å². The van der Waals surface area contributed by atoms with Gasteiger partial charge in [0.25, 0.3) is 15.9 Å². The van der Waals surface area contributed by atoms with Crippen molar-refractivity contribution in [3.05, 3.63) is 89.5 Å². The number of anilines is 2. The van der Waals surface area contributed by atoms with Crippen molar-refractivity contribution in [2.24, 2.45) is 0 Å². The minimum absolute atomic E-state index is 0.0247. The molecule has 0 saturated carbocycles. The number of hydrogen-bond donors (Lipinski definition) is 2. The largest absolute Gasteiger partial charge is 0.396 e. The summed E-state index contributed by atoms with van der Waals surface area (Å²) in [5.41, 5.74) is 3.44. The lowest BCUT2D eigenvalue weighted by atomic mass is 10.1. The molecule has 6 nitrogen and oxygen atoms in total. The van der Waals surface area contributed by atoms with Crippen LogP contribution in [0.2, 0.25) is 0 Å². The van der Waals surface area contributed by atoms with Crippen molar-refractivity contribution in [1.29, 1.82) is 0 Å². The van der Waals surface area contributed by atoms with E-state index >= 15 is 0 Å². The normalized spacial score (nSPS) is 13.2. The predicted octanol–water partition coefficient (Wildman–Crippen LogP) is 3.23. The Morgan fingerprint density at radius 3 is 2.63 bits per heavy atom. The van der Waals surface area contributed by atoms with E-state index in [2.05, 4.69) is 5.32 Å². The Kier molecular flexibility index (Phi) is 5.57. The third-order valence-electron chi connectivity index (χ3n) is 5.11. The molecule has 7 heteroatoms. The smallest absolute Gasteiger partial charge is 0.264 e. The summed E-state index contributed by atoms with van der Waals surface area (Å²) < 4.78 is 27.8. The Morgan fingerprint density at radius 2 is 1.80 bits per heavy atom. The van der Waals surface area contributed by atoms with Gasteiger partial charge in [-0.2, -0.15) is 0 Å². The minimum atomic E-state index is -3.77. The van der Waals surface area contributed by atoms with Crippen molar-refractivity contribution in [3.63, 3.8) is 0 Å². The van der Waals surface area contributed by atoms with Crippen LogP contribution in [0.1, 0.15) is 21.5 Å². The van der Waals surface area contributed by atoms with Gasteiger partial charge in [-0.15, -0.1) is 0 Å². The van der Waals surface area contributed by atoms with Gasteiger partial charge in [-0.3, -0.25) is 9.10 Å². The highest BCUT2D eigenvalue weighted by atomic mass is 32.2. The van der Waals surface area contributed by atoms with Crippen molar-refractivity contribution in [2.45, 2.75) is 17.7 Å². The molecule has 2 N–H and O–H groups in total. The summed E-state index contributed by atoms with van der Waals surface area (Å²) in [6.07, 6.45) is 1.16. The van der Waals surface area contributed by atoms with Crippen LogP contribution in [0.5, 0.6) is 0 Å². The molecule has 0 unspecified atom stereocenters. The number of amides is 1. The third-order valence-corrected chi connectivity index (χ3v) is 6.92. The first kappa shape index (κ1) is 20.1. The number of sulfonamides is 1. The lowest BCUT2D eigenvalue weighted by molar-refractivity contribution is 0.102. The summed E-state index contributed by atoms with van der Waals surface area (Å²) in [5.74, 6) is -0.393. The molecule has 0 aromatic heterocycles. The van der Waals surface area contributed by atoms with E-state index in [-0.39, 0.29) is 17.1 Å². The number of fused-ring (bicyclic) bond motifs is 1. The summed E-state index contributed by atoms with van der Waals surface area (Å²) in [6, 6.07) is 20.7. The van der Waals surface area contributed by atoms with Gasteiger partial charge >= 0.3 is 0 Å². The average molecular weight is 423 g/mol. The molecular formula is C23H22N2O4S. The fourth-order valence-corrected chi connectivity index (χ4v) is 5.17. The number of nitrogens with zero attached hydrogens (tertiary/aromatic N) is 1. The fraction of sp³-hybridized carbons (Fsp3) is 0.174. The average Bonchev–Trinajstić information content (AvgIpc) is 3.19. The molecule has 0 aliphatic carbocycles. The molecule has 4 rings (SSSR count). The van der Waals surface area contributed by atoms with Crippen molar-refractivity contribution in [2.75, 3.05) is 22.8 Å². The summed E-state index contributed by atoms with van der Waals surface area (Å²) >= 11 is 0. The molecule has 0 radical (unpaired) electrons. The fourth-order valence-electron chi connectivity index (χ4n) is 3.62. The van der Waals surface area contributed by atoms with E-state index < -0.39 is 15.9 Å². The van der Waals surface area contributed by atoms with E-state index in [4.69, 9.17) is 5.11 Å². The second-order valence-electron chi connectivity index (χ2n) is 7.11. The van der Waals surface area contributed by atoms with Gasteiger partial charge in [0, 0.05) is 24.4 Å². The molecule has 1 amide bonds. The lowest BCUT2D eigenvalue weighted by Gasteiger charge is -2.20. The number of rotatable bonds is 6. The molecule has 1 aliphatic rings. The van der Waals surface area contributed by atoms with E-state index in [9.17, 15) is 13.2 Å². The Balaban J connectivity index is 1.58. The van der Waals surface area contributed by atoms with Gasteiger partial charge in [-0.1, -0.05) is 36.4 Å². The molecular weight excluding hydrogens is 400 g/mol.